The van der Waals surface area contributed by atoms with Gasteiger partial charge >= 0.3 is 6.18 Å². The molecular formula is C15H15F3N4OS. The molecule has 0 radical (unpaired) electrons. The number of carbonyl (C=O) groups is 1. The Kier molecular flexibility index (Phi) is 4.35. The number of rotatable bonds is 4. The third-order valence-electron chi connectivity index (χ3n) is 3.78. The molecule has 9 heteroatoms. The molecule has 0 saturated carbocycles. The number of fused-ring (bicyclic) bond motifs is 1. The predicted molar refractivity (Wildman–Crippen MR) is 85.1 cm³/mol. The number of nitrogens with one attached hydrogen (secondary N) is 2. The molecule has 1 aliphatic rings. The van der Waals surface area contributed by atoms with Crippen molar-refractivity contribution in [3.05, 3.63) is 46.8 Å². The van der Waals surface area contributed by atoms with Gasteiger partial charge in [0.2, 0.25) is 0 Å². The normalized spacial score (nSPS) is 20.1. The zero-order valence-corrected chi connectivity index (χ0v) is 13.3. The molecule has 1 amide bonds. The summed E-state index contributed by atoms with van der Waals surface area (Å²) < 4.78 is 41.2. The molecule has 2 N–H and O–H groups in total. The van der Waals surface area contributed by atoms with Gasteiger partial charge in [-0.05, 0) is 11.4 Å². The van der Waals surface area contributed by atoms with Crippen molar-refractivity contribution < 1.29 is 18.0 Å². The second-order valence-electron chi connectivity index (χ2n) is 5.36. The van der Waals surface area contributed by atoms with Gasteiger partial charge in [-0.25, -0.2) is 4.68 Å². The average Bonchev–Trinajstić information content (AvgIpc) is 3.19. The van der Waals surface area contributed by atoms with E-state index in [2.05, 4.69) is 22.3 Å². The number of alkyl halides is 3. The first-order valence-electron chi connectivity index (χ1n) is 7.25. The molecule has 0 saturated heterocycles. The quantitative estimate of drug-likeness (QED) is 0.824. The minimum absolute atomic E-state index is 0.0866. The largest absolute Gasteiger partial charge is 0.410 e. The van der Waals surface area contributed by atoms with Crippen LogP contribution < -0.4 is 10.6 Å². The molecule has 3 rings (SSSR count). The maximum atomic E-state index is 13.4. The third-order valence-corrected chi connectivity index (χ3v) is 4.76. The van der Waals surface area contributed by atoms with Crippen LogP contribution in [0.1, 0.15) is 33.7 Å². The van der Waals surface area contributed by atoms with Crippen LogP contribution >= 0.6 is 11.3 Å². The molecule has 0 aliphatic carbocycles. The highest BCUT2D eigenvalue weighted by Gasteiger charge is 2.47. The van der Waals surface area contributed by atoms with Crippen molar-refractivity contribution in [2.24, 2.45) is 0 Å². The summed E-state index contributed by atoms with van der Waals surface area (Å²) in [6.07, 6.45) is -1.97. The highest BCUT2D eigenvalue weighted by Crippen LogP contribution is 2.44. The molecule has 24 heavy (non-hydrogen) atoms. The van der Waals surface area contributed by atoms with Gasteiger partial charge in [0.05, 0.1) is 12.2 Å². The summed E-state index contributed by atoms with van der Waals surface area (Å²) in [7, 11) is 0. The number of hydrogen-bond acceptors (Lipinski definition) is 4. The first kappa shape index (κ1) is 16.6. The molecule has 2 aromatic heterocycles. The van der Waals surface area contributed by atoms with Gasteiger partial charge in [-0.15, -0.1) is 17.9 Å². The minimum atomic E-state index is -4.45. The van der Waals surface area contributed by atoms with E-state index in [9.17, 15) is 18.0 Å². The monoisotopic (exact) mass is 356 g/mol. The summed E-state index contributed by atoms with van der Waals surface area (Å²) in [6.45, 7) is 3.72. The SMILES string of the molecule is C=CCNC(=O)c1cnn2c1N[C@@H](c1cccs1)C[C@@H]2C(F)(F)F. The number of aromatic nitrogens is 2. The van der Waals surface area contributed by atoms with E-state index in [1.165, 1.54) is 17.4 Å². The average molecular weight is 356 g/mol. The fraction of sp³-hybridized carbons (Fsp3) is 0.333. The second-order valence-corrected chi connectivity index (χ2v) is 6.33. The van der Waals surface area contributed by atoms with E-state index in [-0.39, 0.29) is 24.3 Å². The van der Waals surface area contributed by atoms with Crippen LogP contribution in [-0.4, -0.2) is 28.4 Å². The second kappa shape index (κ2) is 6.31. The van der Waals surface area contributed by atoms with Crippen LogP contribution in [0.3, 0.4) is 0 Å². The van der Waals surface area contributed by atoms with Crippen LogP contribution in [0.4, 0.5) is 19.0 Å². The molecular weight excluding hydrogens is 341 g/mol. The summed E-state index contributed by atoms with van der Waals surface area (Å²) in [5.41, 5.74) is 0.0901. The summed E-state index contributed by atoms with van der Waals surface area (Å²) in [4.78, 5) is 12.9. The number of halogens is 3. The predicted octanol–water partition coefficient (Wildman–Crippen LogP) is 3.52. The maximum absolute atomic E-state index is 13.4. The van der Waals surface area contributed by atoms with Crippen molar-refractivity contribution in [3.8, 4) is 0 Å². The topological polar surface area (TPSA) is 59.0 Å². The molecule has 0 unspecified atom stereocenters. The van der Waals surface area contributed by atoms with E-state index < -0.39 is 24.2 Å². The number of nitrogens with zero attached hydrogens (tertiary/aromatic N) is 2. The number of anilines is 1. The van der Waals surface area contributed by atoms with E-state index >= 15 is 0 Å². The van der Waals surface area contributed by atoms with E-state index in [1.807, 2.05) is 5.38 Å². The van der Waals surface area contributed by atoms with E-state index in [0.29, 0.717) is 0 Å². The Hall–Kier alpha value is -2.29. The van der Waals surface area contributed by atoms with Crippen molar-refractivity contribution >= 4 is 23.1 Å². The van der Waals surface area contributed by atoms with Gasteiger partial charge in [0.1, 0.15) is 11.4 Å². The first-order valence-corrected chi connectivity index (χ1v) is 8.13. The Morgan fingerprint density at radius 1 is 1.58 bits per heavy atom. The molecule has 0 spiro atoms. The maximum Gasteiger partial charge on any atom is 0.410 e. The van der Waals surface area contributed by atoms with Crippen molar-refractivity contribution in [2.45, 2.75) is 24.7 Å². The van der Waals surface area contributed by atoms with E-state index in [0.717, 1.165) is 15.8 Å². The van der Waals surface area contributed by atoms with Crippen molar-refractivity contribution in [1.29, 1.82) is 0 Å². The summed E-state index contributed by atoms with van der Waals surface area (Å²) in [5.74, 6) is -0.403. The van der Waals surface area contributed by atoms with Gasteiger partial charge in [-0.1, -0.05) is 12.1 Å². The Balaban J connectivity index is 1.99. The number of carbonyl (C=O) groups excluding carboxylic acids is 1. The highest BCUT2D eigenvalue weighted by molar-refractivity contribution is 7.10. The zero-order chi connectivity index (χ0) is 17.3. The molecule has 0 fully saturated rings. The summed E-state index contributed by atoms with van der Waals surface area (Å²) >= 11 is 1.37. The van der Waals surface area contributed by atoms with Crippen molar-refractivity contribution in [2.75, 3.05) is 11.9 Å². The zero-order valence-electron chi connectivity index (χ0n) is 12.5. The molecule has 5 nitrogen and oxygen atoms in total. The Morgan fingerprint density at radius 3 is 3.00 bits per heavy atom. The van der Waals surface area contributed by atoms with Gasteiger partial charge < -0.3 is 10.6 Å². The van der Waals surface area contributed by atoms with Crippen molar-refractivity contribution in [1.82, 2.24) is 15.1 Å². The fourth-order valence-corrected chi connectivity index (χ4v) is 3.46. The lowest BCUT2D eigenvalue weighted by atomic mass is 10.0. The Bertz CT molecular complexity index is 738. The van der Waals surface area contributed by atoms with Gasteiger partial charge in [0, 0.05) is 17.8 Å². The van der Waals surface area contributed by atoms with E-state index in [4.69, 9.17) is 0 Å². The smallest absolute Gasteiger partial charge is 0.362 e. The molecule has 0 bridgehead atoms. The van der Waals surface area contributed by atoms with Crippen LogP contribution in [0.15, 0.2) is 36.4 Å². The van der Waals surface area contributed by atoms with Crippen LogP contribution in [0.2, 0.25) is 0 Å². The number of thiophene rings is 1. The fourth-order valence-electron chi connectivity index (χ4n) is 2.66. The standard InChI is InChI=1S/C15H15F3N4OS/c1-2-5-19-14(23)9-8-20-22-12(15(16,17)18)7-10(21-13(9)22)11-4-3-6-24-11/h2-4,6,8,10,12,21H,1,5,7H2,(H,19,23)/t10-,12-/m1/s1. The molecule has 2 aromatic rings. The first-order chi connectivity index (χ1) is 11.4. The van der Waals surface area contributed by atoms with Gasteiger partial charge in [0.15, 0.2) is 6.04 Å². The lowest BCUT2D eigenvalue weighted by Crippen LogP contribution is -2.36. The Labute approximate surface area is 140 Å². The summed E-state index contributed by atoms with van der Waals surface area (Å²) in [6, 6.07) is 1.27. The van der Waals surface area contributed by atoms with Crippen LogP contribution in [0.5, 0.6) is 0 Å². The molecule has 2 atom stereocenters. The van der Waals surface area contributed by atoms with E-state index in [1.54, 1.807) is 12.1 Å². The summed E-state index contributed by atoms with van der Waals surface area (Å²) in [5, 5.41) is 11.2. The van der Waals surface area contributed by atoms with Crippen LogP contribution in [0.25, 0.3) is 0 Å². The molecule has 3 heterocycles. The van der Waals surface area contributed by atoms with Gasteiger partial charge in [0.25, 0.3) is 5.91 Å². The minimum Gasteiger partial charge on any atom is -0.362 e. The molecule has 128 valence electrons. The van der Waals surface area contributed by atoms with Crippen LogP contribution in [-0.2, 0) is 0 Å². The number of amides is 1. The van der Waals surface area contributed by atoms with Crippen molar-refractivity contribution in [3.63, 3.8) is 0 Å². The highest BCUT2D eigenvalue weighted by atomic mass is 32.1. The number of hydrogen-bond donors (Lipinski definition) is 2. The lowest BCUT2D eigenvalue weighted by Gasteiger charge is -2.33. The molecule has 1 aliphatic heterocycles. The molecule has 0 aromatic carbocycles. The Morgan fingerprint density at radius 2 is 2.38 bits per heavy atom. The lowest BCUT2D eigenvalue weighted by molar-refractivity contribution is -0.173. The van der Waals surface area contributed by atoms with Gasteiger partial charge in [-0.2, -0.15) is 18.3 Å². The van der Waals surface area contributed by atoms with Crippen LogP contribution in [0, 0.1) is 0 Å². The van der Waals surface area contributed by atoms with Gasteiger partial charge in [-0.3, -0.25) is 4.79 Å². The third kappa shape index (κ3) is 3.03.